The topological polar surface area (TPSA) is 90.3 Å². The molecule has 0 aromatic heterocycles. The lowest BCUT2D eigenvalue weighted by atomic mass is 9.77. The van der Waals surface area contributed by atoms with Crippen LogP contribution in [0.25, 0.3) is 0 Å². The number of aliphatic hydroxyl groups excluding tert-OH is 3. The summed E-state index contributed by atoms with van der Waals surface area (Å²) in [6.45, 7) is 4.87. The van der Waals surface area contributed by atoms with E-state index in [1.165, 1.54) is 6.08 Å². The van der Waals surface area contributed by atoms with Crippen LogP contribution in [0.15, 0.2) is 34.9 Å². The Morgan fingerprint density at radius 3 is 2.65 bits per heavy atom. The number of Topliss-reactive ketones (excluding diaryl/α,β-unsaturated/α-hetero) is 1. The lowest BCUT2D eigenvalue weighted by molar-refractivity contribution is -0.124. The van der Waals surface area contributed by atoms with Crippen LogP contribution in [0.1, 0.15) is 20.8 Å². The number of ketones is 1. The molecular formula is C15H20O5. The van der Waals surface area contributed by atoms with Crippen molar-refractivity contribution < 1.29 is 24.9 Å². The lowest BCUT2D eigenvalue weighted by Gasteiger charge is -2.26. The van der Waals surface area contributed by atoms with Gasteiger partial charge in [-0.05, 0) is 26.3 Å². The maximum atomic E-state index is 12.5. The molecule has 5 heteroatoms. The van der Waals surface area contributed by atoms with Crippen LogP contribution in [-0.2, 0) is 9.53 Å². The van der Waals surface area contributed by atoms with Gasteiger partial charge < -0.3 is 20.1 Å². The highest BCUT2D eigenvalue weighted by Gasteiger charge is 2.71. The third kappa shape index (κ3) is 2.07. The first kappa shape index (κ1) is 15.1. The fraction of sp³-hybridized carbons (Fsp3) is 0.533. The molecule has 3 N–H and O–H groups in total. The highest BCUT2D eigenvalue weighted by Crippen LogP contribution is 2.50. The number of ether oxygens (including phenoxy) is 1. The quantitative estimate of drug-likeness (QED) is 0.507. The Balaban J connectivity index is 2.45. The third-order valence-corrected chi connectivity index (χ3v) is 3.71. The van der Waals surface area contributed by atoms with E-state index in [2.05, 4.69) is 0 Å². The summed E-state index contributed by atoms with van der Waals surface area (Å²) in [5.74, 6) is -0.451. The molecule has 1 aliphatic heterocycles. The molecule has 20 heavy (non-hydrogen) atoms. The number of carbonyl (C=O) groups is 1. The van der Waals surface area contributed by atoms with Crippen LogP contribution in [-0.4, -0.2) is 51.6 Å². The van der Waals surface area contributed by atoms with E-state index in [-0.39, 0.29) is 5.57 Å². The van der Waals surface area contributed by atoms with Gasteiger partial charge in [-0.25, -0.2) is 0 Å². The predicted molar refractivity (Wildman–Crippen MR) is 73.0 cm³/mol. The van der Waals surface area contributed by atoms with Gasteiger partial charge in [0.25, 0.3) is 0 Å². The molecule has 5 nitrogen and oxygen atoms in total. The second kappa shape index (κ2) is 5.26. The Morgan fingerprint density at radius 2 is 2.15 bits per heavy atom. The molecule has 2 aliphatic rings. The molecule has 1 fully saturated rings. The molecule has 0 aromatic rings. The Labute approximate surface area is 117 Å². The summed E-state index contributed by atoms with van der Waals surface area (Å²) in [6.07, 6.45) is 1.89. The summed E-state index contributed by atoms with van der Waals surface area (Å²) in [6, 6.07) is 0. The van der Waals surface area contributed by atoms with Gasteiger partial charge in [0.1, 0.15) is 18.3 Å². The number of rotatable bonds is 4. The summed E-state index contributed by atoms with van der Waals surface area (Å²) in [5, 5.41) is 29.9. The van der Waals surface area contributed by atoms with Crippen LogP contribution < -0.4 is 0 Å². The van der Waals surface area contributed by atoms with Crippen LogP contribution in [0.4, 0.5) is 0 Å². The van der Waals surface area contributed by atoms with Gasteiger partial charge in [-0.3, -0.25) is 4.79 Å². The molecule has 0 bridgehead atoms. The SMILES string of the molecule is CC=CC1=C(CO)C(=O)C2(C(O)C=C(C)C)OC2C1O. The van der Waals surface area contributed by atoms with Crippen LogP contribution in [0.2, 0.25) is 0 Å². The van der Waals surface area contributed by atoms with Crippen molar-refractivity contribution in [3.63, 3.8) is 0 Å². The molecule has 0 amide bonds. The molecule has 0 aromatic carbocycles. The Bertz CT molecular complexity index is 512. The van der Waals surface area contributed by atoms with Crippen LogP contribution in [0.5, 0.6) is 0 Å². The maximum absolute atomic E-state index is 12.5. The molecule has 0 saturated carbocycles. The summed E-state index contributed by atoms with van der Waals surface area (Å²) < 4.78 is 5.38. The molecule has 110 valence electrons. The van der Waals surface area contributed by atoms with Gasteiger partial charge in [0, 0.05) is 5.57 Å². The van der Waals surface area contributed by atoms with E-state index in [4.69, 9.17) is 4.74 Å². The molecular weight excluding hydrogens is 260 g/mol. The van der Waals surface area contributed by atoms with E-state index < -0.39 is 36.3 Å². The van der Waals surface area contributed by atoms with Gasteiger partial charge in [-0.2, -0.15) is 0 Å². The van der Waals surface area contributed by atoms with Gasteiger partial charge in [0.15, 0.2) is 11.4 Å². The first-order valence-corrected chi connectivity index (χ1v) is 6.60. The molecule has 4 unspecified atom stereocenters. The largest absolute Gasteiger partial charge is 0.392 e. The van der Waals surface area contributed by atoms with Crippen molar-refractivity contribution >= 4 is 5.78 Å². The van der Waals surface area contributed by atoms with Gasteiger partial charge in [-0.15, -0.1) is 0 Å². The lowest BCUT2D eigenvalue weighted by Crippen LogP contribution is -2.47. The molecule has 0 spiro atoms. The Kier molecular flexibility index (Phi) is 3.97. The monoisotopic (exact) mass is 280 g/mol. The summed E-state index contributed by atoms with van der Waals surface area (Å²) in [4.78, 5) is 12.5. The van der Waals surface area contributed by atoms with E-state index in [0.29, 0.717) is 5.57 Å². The van der Waals surface area contributed by atoms with Crippen LogP contribution in [0.3, 0.4) is 0 Å². The standard InChI is InChI=1S/C15H20O5/c1-4-5-9-10(7-16)13(19)15(11(17)6-8(2)3)14(20-15)12(9)18/h4-6,11-12,14,16-18H,7H2,1-3H3. The zero-order valence-electron chi connectivity index (χ0n) is 11.8. The molecule has 1 saturated heterocycles. The van der Waals surface area contributed by atoms with Crippen molar-refractivity contribution in [2.45, 2.75) is 44.7 Å². The molecule has 1 heterocycles. The minimum absolute atomic E-state index is 0.102. The Hall–Kier alpha value is -1.27. The maximum Gasteiger partial charge on any atom is 0.199 e. The molecule has 2 rings (SSSR count). The van der Waals surface area contributed by atoms with Crippen molar-refractivity contribution in [1.29, 1.82) is 0 Å². The summed E-state index contributed by atoms with van der Waals surface area (Å²) in [5.41, 5.74) is -0.134. The number of allylic oxidation sites excluding steroid dienone is 2. The number of epoxide rings is 1. The van der Waals surface area contributed by atoms with E-state index in [1.807, 2.05) is 0 Å². The average Bonchev–Trinajstić information content (AvgIpc) is 3.13. The van der Waals surface area contributed by atoms with Gasteiger partial charge in [0.05, 0.1) is 6.61 Å². The smallest absolute Gasteiger partial charge is 0.199 e. The van der Waals surface area contributed by atoms with Crippen LogP contribution >= 0.6 is 0 Å². The first-order valence-electron chi connectivity index (χ1n) is 6.60. The number of hydrogen-bond acceptors (Lipinski definition) is 5. The molecule has 1 aliphatic carbocycles. The number of aliphatic hydroxyl groups is 3. The number of carbonyl (C=O) groups excluding carboxylic acids is 1. The van der Waals surface area contributed by atoms with E-state index in [9.17, 15) is 20.1 Å². The van der Waals surface area contributed by atoms with Gasteiger partial charge >= 0.3 is 0 Å². The fourth-order valence-electron chi connectivity index (χ4n) is 2.72. The van der Waals surface area contributed by atoms with Crippen molar-refractivity contribution in [2.24, 2.45) is 0 Å². The second-order valence-corrected chi connectivity index (χ2v) is 5.39. The van der Waals surface area contributed by atoms with Gasteiger partial charge in [0.2, 0.25) is 0 Å². The number of hydrogen-bond donors (Lipinski definition) is 3. The van der Waals surface area contributed by atoms with Crippen molar-refractivity contribution in [3.8, 4) is 0 Å². The van der Waals surface area contributed by atoms with Crippen molar-refractivity contribution in [2.75, 3.05) is 6.61 Å². The fourth-order valence-corrected chi connectivity index (χ4v) is 2.72. The summed E-state index contributed by atoms with van der Waals surface area (Å²) in [7, 11) is 0. The predicted octanol–water partition coefficient (Wildman–Crippen LogP) is 0.260. The van der Waals surface area contributed by atoms with E-state index >= 15 is 0 Å². The highest BCUT2D eigenvalue weighted by molar-refractivity contribution is 6.07. The van der Waals surface area contributed by atoms with E-state index in [0.717, 1.165) is 5.57 Å². The minimum Gasteiger partial charge on any atom is -0.392 e. The van der Waals surface area contributed by atoms with E-state index in [1.54, 1.807) is 32.9 Å². The first-order chi connectivity index (χ1) is 9.40. The third-order valence-electron chi connectivity index (χ3n) is 3.71. The second-order valence-electron chi connectivity index (χ2n) is 5.39. The minimum atomic E-state index is -1.44. The Morgan fingerprint density at radius 1 is 1.50 bits per heavy atom. The number of fused-ring (bicyclic) bond motifs is 1. The summed E-state index contributed by atoms with van der Waals surface area (Å²) >= 11 is 0. The van der Waals surface area contributed by atoms with Crippen molar-refractivity contribution in [1.82, 2.24) is 0 Å². The highest BCUT2D eigenvalue weighted by atomic mass is 16.6. The average molecular weight is 280 g/mol. The zero-order chi connectivity index (χ0) is 15.1. The normalized spacial score (nSPS) is 34.2. The molecule has 0 radical (unpaired) electrons. The molecule has 4 atom stereocenters. The zero-order valence-corrected chi connectivity index (χ0v) is 11.8. The van der Waals surface area contributed by atoms with Crippen LogP contribution in [0, 0.1) is 0 Å². The van der Waals surface area contributed by atoms with Crippen molar-refractivity contribution in [3.05, 3.63) is 34.9 Å². The van der Waals surface area contributed by atoms with Gasteiger partial charge in [-0.1, -0.05) is 23.8 Å².